The van der Waals surface area contributed by atoms with Crippen LogP contribution in [0.2, 0.25) is 0 Å². The number of ether oxygens (including phenoxy) is 2. The van der Waals surface area contributed by atoms with Gasteiger partial charge in [-0.1, -0.05) is 0 Å². The Bertz CT molecular complexity index is 145. The Morgan fingerprint density at radius 3 is 2.64 bits per heavy atom. The molecule has 0 aliphatic carbocycles. The highest BCUT2D eigenvalue weighted by Crippen LogP contribution is 2.15. The van der Waals surface area contributed by atoms with Gasteiger partial charge in [0.25, 0.3) is 0 Å². The molecule has 0 aromatic rings. The van der Waals surface area contributed by atoms with Crippen molar-refractivity contribution in [1.29, 1.82) is 0 Å². The second kappa shape index (κ2) is 6.62. The molecule has 2 fully saturated rings. The Balaban J connectivity index is 0.000000980. The summed E-state index contributed by atoms with van der Waals surface area (Å²) in [6.07, 6.45) is 4.02. The van der Waals surface area contributed by atoms with Crippen LogP contribution in [0.5, 0.6) is 0 Å². The first-order valence-corrected chi connectivity index (χ1v) is 5.35. The molecule has 1 N–H and O–H groups in total. The summed E-state index contributed by atoms with van der Waals surface area (Å²) in [5, 5.41) is 3.36. The van der Waals surface area contributed by atoms with Gasteiger partial charge in [0.2, 0.25) is 0 Å². The molecular formula is C10H20ClNO2. The molecule has 4 heteroatoms. The monoisotopic (exact) mass is 221 g/mol. The second-order valence-electron chi connectivity index (χ2n) is 4.01. The summed E-state index contributed by atoms with van der Waals surface area (Å²) in [6.45, 7) is 4.96. The molecule has 0 spiro atoms. The van der Waals surface area contributed by atoms with Crippen molar-refractivity contribution in [3.63, 3.8) is 0 Å². The van der Waals surface area contributed by atoms with Gasteiger partial charge in [0.15, 0.2) is 0 Å². The van der Waals surface area contributed by atoms with E-state index in [2.05, 4.69) is 5.32 Å². The predicted octanol–water partition coefficient (Wildman–Crippen LogP) is 1.21. The van der Waals surface area contributed by atoms with Crippen LogP contribution in [0.4, 0.5) is 0 Å². The SMILES string of the molecule is C1CC(CO[C@H]2CCOC2)CCN1.Cl. The highest BCUT2D eigenvalue weighted by molar-refractivity contribution is 5.85. The molecule has 84 valence electrons. The second-order valence-corrected chi connectivity index (χ2v) is 4.01. The molecule has 1 atom stereocenters. The summed E-state index contributed by atoms with van der Waals surface area (Å²) in [4.78, 5) is 0. The van der Waals surface area contributed by atoms with Crippen molar-refractivity contribution in [1.82, 2.24) is 5.32 Å². The zero-order valence-electron chi connectivity index (χ0n) is 8.54. The normalized spacial score (nSPS) is 28.7. The van der Waals surface area contributed by atoms with E-state index < -0.39 is 0 Å². The summed E-state index contributed by atoms with van der Waals surface area (Å²) < 4.78 is 11.0. The maximum absolute atomic E-state index is 5.79. The first kappa shape index (κ1) is 12.2. The average Bonchev–Trinajstić information content (AvgIpc) is 2.69. The van der Waals surface area contributed by atoms with Crippen molar-refractivity contribution in [3.8, 4) is 0 Å². The zero-order valence-corrected chi connectivity index (χ0v) is 9.35. The molecule has 2 aliphatic heterocycles. The number of halogens is 1. The van der Waals surface area contributed by atoms with E-state index in [1.54, 1.807) is 0 Å². The van der Waals surface area contributed by atoms with Crippen LogP contribution in [-0.4, -0.2) is 39.0 Å². The fraction of sp³-hybridized carbons (Fsp3) is 1.00. The fourth-order valence-electron chi connectivity index (χ4n) is 1.96. The van der Waals surface area contributed by atoms with Crippen LogP contribution in [-0.2, 0) is 9.47 Å². The molecular weight excluding hydrogens is 202 g/mol. The third-order valence-corrected chi connectivity index (χ3v) is 2.91. The number of piperidine rings is 1. The van der Waals surface area contributed by atoms with Crippen molar-refractivity contribution in [2.75, 3.05) is 32.9 Å². The minimum atomic E-state index is 0. The lowest BCUT2D eigenvalue weighted by atomic mass is 9.99. The Hall–Kier alpha value is 0.170. The quantitative estimate of drug-likeness (QED) is 0.778. The molecule has 0 amide bonds. The number of hydrogen-bond donors (Lipinski definition) is 1. The molecule has 0 saturated carbocycles. The molecule has 0 aromatic carbocycles. The molecule has 0 unspecified atom stereocenters. The van der Waals surface area contributed by atoms with Gasteiger partial charge < -0.3 is 14.8 Å². The zero-order chi connectivity index (χ0) is 8.93. The topological polar surface area (TPSA) is 30.5 Å². The Kier molecular flexibility index (Phi) is 5.78. The van der Waals surface area contributed by atoms with Gasteiger partial charge in [0, 0.05) is 13.2 Å². The molecule has 2 heterocycles. The molecule has 0 aromatic heterocycles. The average molecular weight is 222 g/mol. The van der Waals surface area contributed by atoms with Crippen LogP contribution in [0.1, 0.15) is 19.3 Å². The van der Waals surface area contributed by atoms with Crippen molar-refractivity contribution < 1.29 is 9.47 Å². The van der Waals surface area contributed by atoms with E-state index in [-0.39, 0.29) is 12.4 Å². The van der Waals surface area contributed by atoms with E-state index >= 15 is 0 Å². The van der Waals surface area contributed by atoms with Crippen LogP contribution in [0, 0.1) is 5.92 Å². The summed E-state index contributed by atoms with van der Waals surface area (Å²) in [7, 11) is 0. The molecule has 0 radical (unpaired) electrons. The minimum Gasteiger partial charge on any atom is -0.379 e. The fourth-order valence-corrected chi connectivity index (χ4v) is 1.96. The van der Waals surface area contributed by atoms with Crippen molar-refractivity contribution in [2.24, 2.45) is 5.92 Å². The van der Waals surface area contributed by atoms with Gasteiger partial charge >= 0.3 is 0 Å². The Morgan fingerprint density at radius 1 is 1.21 bits per heavy atom. The molecule has 0 bridgehead atoms. The van der Waals surface area contributed by atoms with E-state index in [9.17, 15) is 0 Å². The number of hydrogen-bond acceptors (Lipinski definition) is 3. The van der Waals surface area contributed by atoms with E-state index in [0.29, 0.717) is 6.10 Å². The lowest BCUT2D eigenvalue weighted by Crippen LogP contribution is -2.31. The van der Waals surface area contributed by atoms with Crippen LogP contribution in [0.15, 0.2) is 0 Å². The van der Waals surface area contributed by atoms with E-state index in [1.165, 1.54) is 12.8 Å². The molecule has 2 saturated heterocycles. The van der Waals surface area contributed by atoms with Gasteiger partial charge in [-0.3, -0.25) is 0 Å². The third kappa shape index (κ3) is 3.73. The summed E-state index contributed by atoms with van der Waals surface area (Å²) in [5.41, 5.74) is 0. The lowest BCUT2D eigenvalue weighted by molar-refractivity contribution is 0.0162. The summed E-state index contributed by atoms with van der Waals surface area (Å²) in [6, 6.07) is 0. The maximum atomic E-state index is 5.79. The van der Waals surface area contributed by atoms with Crippen molar-refractivity contribution >= 4 is 12.4 Å². The predicted molar refractivity (Wildman–Crippen MR) is 58.0 cm³/mol. The Labute approximate surface area is 91.9 Å². The molecule has 2 aliphatic rings. The van der Waals surface area contributed by atoms with Crippen LogP contribution in [0.3, 0.4) is 0 Å². The Morgan fingerprint density at radius 2 is 2.00 bits per heavy atom. The van der Waals surface area contributed by atoms with Crippen LogP contribution < -0.4 is 5.32 Å². The van der Waals surface area contributed by atoms with Gasteiger partial charge in [0.1, 0.15) is 0 Å². The summed E-state index contributed by atoms with van der Waals surface area (Å²) >= 11 is 0. The minimum absolute atomic E-state index is 0. The molecule has 3 nitrogen and oxygen atoms in total. The van der Waals surface area contributed by atoms with E-state index in [1.807, 2.05) is 0 Å². The lowest BCUT2D eigenvalue weighted by Gasteiger charge is -2.23. The molecule has 14 heavy (non-hydrogen) atoms. The molecule has 2 rings (SSSR count). The van der Waals surface area contributed by atoms with Gasteiger partial charge in [-0.2, -0.15) is 0 Å². The standard InChI is InChI=1S/C10H19NO2.ClH/c1-4-11-5-2-9(1)7-13-10-3-6-12-8-10;/h9-11H,1-8H2;1H/t10-;/m0./s1. The van der Waals surface area contributed by atoms with Crippen molar-refractivity contribution in [2.45, 2.75) is 25.4 Å². The van der Waals surface area contributed by atoms with Crippen molar-refractivity contribution in [3.05, 3.63) is 0 Å². The highest BCUT2D eigenvalue weighted by Gasteiger charge is 2.19. The van der Waals surface area contributed by atoms with E-state index in [4.69, 9.17) is 9.47 Å². The number of nitrogens with one attached hydrogen (secondary N) is 1. The van der Waals surface area contributed by atoms with Gasteiger partial charge in [0.05, 0.1) is 12.7 Å². The van der Waals surface area contributed by atoms with Gasteiger partial charge in [-0.15, -0.1) is 12.4 Å². The van der Waals surface area contributed by atoms with Gasteiger partial charge in [-0.25, -0.2) is 0 Å². The summed E-state index contributed by atoms with van der Waals surface area (Å²) in [5.74, 6) is 0.779. The first-order valence-electron chi connectivity index (χ1n) is 5.35. The third-order valence-electron chi connectivity index (χ3n) is 2.91. The van der Waals surface area contributed by atoms with Gasteiger partial charge in [-0.05, 0) is 38.3 Å². The highest BCUT2D eigenvalue weighted by atomic mass is 35.5. The largest absolute Gasteiger partial charge is 0.379 e. The van der Waals surface area contributed by atoms with E-state index in [0.717, 1.165) is 45.2 Å². The smallest absolute Gasteiger partial charge is 0.0830 e. The number of rotatable bonds is 3. The maximum Gasteiger partial charge on any atom is 0.0830 e. The first-order chi connectivity index (χ1) is 6.45. The van der Waals surface area contributed by atoms with Crippen LogP contribution >= 0.6 is 12.4 Å². The van der Waals surface area contributed by atoms with Crippen LogP contribution in [0.25, 0.3) is 0 Å².